The standard InChI is InChI=1S/C19H19N3O2S/c1-13-12-22(10-11-24-13)19(23)21-15-7-3-2-6-14(15)18-20-16-8-4-5-9-17(16)25-18/h2-9,13H,10-12H2,1H3,(H,21,23)/t13-/m0/s1. The number of hydrogen-bond donors (Lipinski definition) is 1. The molecule has 128 valence electrons. The molecule has 0 spiro atoms. The van der Waals surface area contributed by atoms with E-state index in [-0.39, 0.29) is 12.1 Å². The van der Waals surface area contributed by atoms with Gasteiger partial charge in [0.25, 0.3) is 0 Å². The summed E-state index contributed by atoms with van der Waals surface area (Å²) in [7, 11) is 0. The molecule has 0 aliphatic carbocycles. The summed E-state index contributed by atoms with van der Waals surface area (Å²) >= 11 is 1.63. The van der Waals surface area contributed by atoms with Crippen LogP contribution in [0.15, 0.2) is 48.5 Å². The summed E-state index contributed by atoms with van der Waals surface area (Å²) in [4.78, 5) is 19.1. The largest absolute Gasteiger partial charge is 0.375 e. The Labute approximate surface area is 150 Å². The third-order valence-corrected chi connectivity index (χ3v) is 5.29. The fraction of sp³-hybridized carbons (Fsp3) is 0.263. The van der Waals surface area contributed by atoms with Gasteiger partial charge in [-0.2, -0.15) is 0 Å². The van der Waals surface area contributed by atoms with Crippen molar-refractivity contribution in [2.45, 2.75) is 13.0 Å². The zero-order valence-corrected chi connectivity index (χ0v) is 14.8. The molecule has 2 heterocycles. The van der Waals surface area contributed by atoms with E-state index in [1.165, 1.54) is 0 Å². The van der Waals surface area contributed by atoms with Gasteiger partial charge < -0.3 is 15.0 Å². The van der Waals surface area contributed by atoms with Crippen LogP contribution in [0.25, 0.3) is 20.8 Å². The minimum atomic E-state index is -0.0938. The van der Waals surface area contributed by atoms with Gasteiger partial charge in [0.1, 0.15) is 5.01 Å². The number of amides is 2. The van der Waals surface area contributed by atoms with E-state index in [9.17, 15) is 4.79 Å². The first-order chi connectivity index (χ1) is 12.2. The normalized spacial score (nSPS) is 17.6. The van der Waals surface area contributed by atoms with Gasteiger partial charge in [-0.15, -0.1) is 11.3 Å². The SMILES string of the molecule is C[C@H]1CN(C(=O)Nc2ccccc2-c2nc3ccccc3s2)CCO1. The number of nitrogens with zero attached hydrogens (tertiary/aromatic N) is 2. The quantitative estimate of drug-likeness (QED) is 0.751. The van der Waals surface area contributed by atoms with E-state index in [0.717, 1.165) is 26.5 Å². The number of morpholine rings is 1. The molecule has 1 aliphatic heterocycles. The number of anilines is 1. The molecular weight excluding hydrogens is 334 g/mol. The Kier molecular flexibility index (Phi) is 4.38. The van der Waals surface area contributed by atoms with E-state index in [1.807, 2.05) is 49.4 Å². The molecule has 1 aliphatic rings. The van der Waals surface area contributed by atoms with Gasteiger partial charge in [0.2, 0.25) is 0 Å². The molecule has 0 radical (unpaired) electrons. The third kappa shape index (κ3) is 3.36. The number of hydrogen-bond acceptors (Lipinski definition) is 4. The lowest BCUT2D eigenvalue weighted by Crippen LogP contribution is -2.46. The molecule has 1 atom stereocenters. The maximum Gasteiger partial charge on any atom is 0.322 e. The summed E-state index contributed by atoms with van der Waals surface area (Å²) in [5.41, 5.74) is 2.70. The highest BCUT2D eigenvalue weighted by atomic mass is 32.1. The molecule has 4 rings (SSSR count). The minimum Gasteiger partial charge on any atom is -0.375 e. The highest BCUT2D eigenvalue weighted by molar-refractivity contribution is 7.21. The minimum absolute atomic E-state index is 0.0685. The molecule has 1 N–H and O–H groups in total. The third-order valence-electron chi connectivity index (χ3n) is 4.22. The van der Waals surface area contributed by atoms with Crippen molar-refractivity contribution < 1.29 is 9.53 Å². The Morgan fingerprint density at radius 1 is 1.24 bits per heavy atom. The van der Waals surface area contributed by atoms with Crippen LogP contribution in [0, 0.1) is 0 Å². The van der Waals surface area contributed by atoms with Crippen LogP contribution in [0.2, 0.25) is 0 Å². The van der Waals surface area contributed by atoms with Crippen LogP contribution in [-0.2, 0) is 4.74 Å². The van der Waals surface area contributed by atoms with E-state index >= 15 is 0 Å². The molecular formula is C19H19N3O2S. The van der Waals surface area contributed by atoms with Crippen LogP contribution in [0.3, 0.4) is 0 Å². The monoisotopic (exact) mass is 353 g/mol. The Balaban J connectivity index is 1.61. The van der Waals surface area contributed by atoms with Crippen LogP contribution >= 0.6 is 11.3 Å². The van der Waals surface area contributed by atoms with Crippen LogP contribution in [0.1, 0.15) is 6.92 Å². The molecule has 0 unspecified atom stereocenters. The summed E-state index contributed by atoms with van der Waals surface area (Å²) in [6.45, 7) is 3.78. The maximum atomic E-state index is 12.6. The Morgan fingerprint density at radius 2 is 2.04 bits per heavy atom. The number of nitrogens with one attached hydrogen (secondary N) is 1. The first-order valence-corrected chi connectivity index (χ1v) is 9.15. The van der Waals surface area contributed by atoms with Gasteiger partial charge in [-0.25, -0.2) is 9.78 Å². The summed E-state index contributed by atoms with van der Waals surface area (Å²) in [5, 5.41) is 3.95. The molecule has 1 fully saturated rings. The number of carbonyl (C=O) groups is 1. The summed E-state index contributed by atoms with van der Waals surface area (Å²) in [6, 6.07) is 15.8. The fourth-order valence-corrected chi connectivity index (χ4v) is 3.97. The van der Waals surface area contributed by atoms with Gasteiger partial charge in [0.05, 0.1) is 28.6 Å². The van der Waals surface area contributed by atoms with Crippen molar-refractivity contribution in [2.75, 3.05) is 25.0 Å². The zero-order valence-electron chi connectivity index (χ0n) is 13.9. The van der Waals surface area contributed by atoms with E-state index in [0.29, 0.717) is 19.7 Å². The first kappa shape index (κ1) is 16.1. The van der Waals surface area contributed by atoms with Gasteiger partial charge in [-0.3, -0.25) is 0 Å². The van der Waals surface area contributed by atoms with Crippen LogP contribution in [0.4, 0.5) is 10.5 Å². The summed E-state index contributed by atoms with van der Waals surface area (Å²) in [6.07, 6.45) is 0.0685. The second-order valence-corrected chi connectivity index (χ2v) is 7.12. The Morgan fingerprint density at radius 3 is 2.88 bits per heavy atom. The van der Waals surface area contributed by atoms with Crippen molar-refractivity contribution in [1.29, 1.82) is 0 Å². The number of rotatable bonds is 2. The topological polar surface area (TPSA) is 54.5 Å². The van der Waals surface area contributed by atoms with Gasteiger partial charge in [0.15, 0.2) is 0 Å². The van der Waals surface area contributed by atoms with Gasteiger partial charge in [-0.1, -0.05) is 24.3 Å². The number of fused-ring (bicyclic) bond motifs is 1. The molecule has 0 bridgehead atoms. The van der Waals surface area contributed by atoms with Crippen LogP contribution < -0.4 is 5.32 Å². The number of ether oxygens (including phenoxy) is 1. The zero-order chi connectivity index (χ0) is 17.2. The number of urea groups is 1. The van der Waals surface area contributed by atoms with Crippen LogP contribution in [-0.4, -0.2) is 41.7 Å². The number of para-hydroxylation sites is 2. The second-order valence-electron chi connectivity index (χ2n) is 6.09. The fourth-order valence-electron chi connectivity index (χ4n) is 2.96. The van der Waals surface area contributed by atoms with E-state index < -0.39 is 0 Å². The van der Waals surface area contributed by atoms with Crippen molar-refractivity contribution in [1.82, 2.24) is 9.88 Å². The first-order valence-electron chi connectivity index (χ1n) is 8.33. The van der Waals surface area contributed by atoms with Crippen molar-refractivity contribution in [2.24, 2.45) is 0 Å². The molecule has 1 saturated heterocycles. The maximum absolute atomic E-state index is 12.6. The van der Waals surface area contributed by atoms with Crippen molar-refractivity contribution in [3.05, 3.63) is 48.5 Å². The van der Waals surface area contributed by atoms with Gasteiger partial charge >= 0.3 is 6.03 Å². The summed E-state index contributed by atoms with van der Waals surface area (Å²) in [5.74, 6) is 0. The van der Waals surface area contributed by atoms with Gasteiger partial charge in [-0.05, 0) is 31.2 Å². The lowest BCUT2D eigenvalue weighted by atomic mass is 10.2. The second kappa shape index (κ2) is 6.82. The van der Waals surface area contributed by atoms with Gasteiger partial charge in [0, 0.05) is 18.7 Å². The molecule has 6 heteroatoms. The molecule has 0 saturated carbocycles. The number of aromatic nitrogens is 1. The molecule has 2 amide bonds. The van der Waals surface area contributed by atoms with Crippen LogP contribution in [0.5, 0.6) is 0 Å². The Hall–Kier alpha value is -2.44. The molecule has 1 aromatic heterocycles. The van der Waals surface area contributed by atoms with Crippen molar-refractivity contribution >= 4 is 33.3 Å². The lowest BCUT2D eigenvalue weighted by molar-refractivity contribution is -0.00138. The Bertz CT molecular complexity index is 875. The highest BCUT2D eigenvalue weighted by Gasteiger charge is 2.22. The molecule has 25 heavy (non-hydrogen) atoms. The number of thiazole rings is 1. The lowest BCUT2D eigenvalue weighted by Gasteiger charge is -2.31. The molecule has 3 aromatic rings. The average Bonchev–Trinajstić information content (AvgIpc) is 3.06. The van der Waals surface area contributed by atoms with Crippen molar-refractivity contribution in [3.63, 3.8) is 0 Å². The predicted octanol–water partition coefficient (Wildman–Crippen LogP) is 4.22. The smallest absolute Gasteiger partial charge is 0.322 e. The number of carbonyl (C=O) groups excluding carboxylic acids is 1. The van der Waals surface area contributed by atoms with E-state index in [2.05, 4.69) is 11.4 Å². The predicted molar refractivity (Wildman–Crippen MR) is 101 cm³/mol. The van der Waals surface area contributed by atoms with E-state index in [4.69, 9.17) is 9.72 Å². The molecule has 5 nitrogen and oxygen atoms in total. The van der Waals surface area contributed by atoms with Crippen molar-refractivity contribution in [3.8, 4) is 10.6 Å². The molecule has 2 aromatic carbocycles. The highest BCUT2D eigenvalue weighted by Crippen LogP contribution is 2.34. The summed E-state index contributed by atoms with van der Waals surface area (Å²) < 4.78 is 6.64. The average molecular weight is 353 g/mol. The number of benzene rings is 2. The van der Waals surface area contributed by atoms with E-state index in [1.54, 1.807) is 16.2 Å².